The third-order valence-electron chi connectivity index (χ3n) is 4.70. The molecular formula is C19H23ClN4O3. The Morgan fingerprint density at radius 3 is 3.04 bits per heavy atom. The van der Waals surface area contributed by atoms with E-state index in [1.54, 1.807) is 6.20 Å². The Hall–Kier alpha value is -2.35. The van der Waals surface area contributed by atoms with Crippen LogP contribution in [0.4, 0.5) is 0 Å². The molecule has 1 saturated heterocycles. The Morgan fingerprint density at radius 2 is 2.19 bits per heavy atom. The van der Waals surface area contributed by atoms with E-state index in [0.717, 1.165) is 42.3 Å². The number of ether oxygens (including phenoxy) is 2. The third-order valence-corrected chi connectivity index (χ3v) is 4.70. The topological polar surface area (TPSA) is 75.7 Å². The highest BCUT2D eigenvalue weighted by Gasteiger charge is 2.25. The SMILES string of the molecule is Cl.O=C(CN1CCNCC1c1cccnc1)NCc1ccc2c(c1)OCO2. The first kappa shape index (κ1) is 19.4. The smallest absolute Gasteiger partial charge is 0.234 e. The molecule has 2 aromatic rings. The van der Waals surface area contributed by atoms with Crippen LogP contribution in [0.15, 0.2) is 42.7 Å². The van der Waals surface area contributed by atoms with Gasteiger partial charge in [0.25, 0.3) is 0 Å². The molecule has 0 aliphatic carbocycles. The fourth-order valence-corrected chi connectivity index (χ4v) is 3.33. The van der Waals surface area contributed by atoms with Crippen LogP contribution in [0.2, 0.25) is 0 Å². The Morgan fingerprint density at radius 1 is 1.30 bits per heavy atom. The van der Waals surface area contributed by atoms with Gasteiger partial charge in [0.15, 0.2) is 11.5 Å². The number of halogens is 1. The molecule has 1 unspecified atom stereocenters. The minimum Gasteiger partial charge on any atom is -0.454 e. The second-order valence-corrected chi connectivity index (χ2v) is 6.44. The van der Waals surface area contributed by atoms with E-state index in [-0.39, 0.29) is 31.1 Å². The maximum Gasteiger partial charge on any atom is 0.234 e. The van der Waals surface area contributed by atoms with E-state index in [0.29, 0.717) is 13.1 Å². The zero-order valence-electron chi connectivity index (χ0n) is 14.9. The Bertz CT molecular complexity index is 775. The van der Waals surface area contributed by atoms with E-state index < -0.39 is 0 Å². The van der Waals surface area contributed by atoms with Gasteiger partial charge in [-0.2, -0.15) is 0 Å². The number of aromatic nitrogens is 1. The lowest BCUT2D eigenvalue weighted by Gasteiger charge is -2.35. The van der Waals surface area contributed by atoms with Gasteiger partial charge in [-0.25, -0.2) is 0 Å². The van der Waals surface area contributed by atoms with Crippen molar-refractivity contribution in [2.24, 2.45) is 0 Å². The highest BCUT2D eigenvalue weighted by molar-refractivity contribution is 5.85. The summed E-state index contributed by atoms with van der Waals surface area (Å²) >= 11 is 0. The van der Waals surface area contributed by atoms with E-state index in [2.05, 4.69) is 26.6 Å². The van der Waals surface area contributed by atoms with Crippen molar-refractivity contribution in [3.05, 3.63) is 53.9 Å². The maximum atomic E-state index is 12.5. The average Bonchev–Trinajstić information content (AvgIpc) is 3.15. The quantitative estimate of drug-likeness (QED) is 0.805. The molecule has 0 radical (unpaired) electrons. The molecule has 1 aromatic carbocycles. The highest BCUT2D eigenvalue weighted by Crippen LogP contribution is 2.32. The van der Waals surface area contributed by atoms with Gasteiger partial charge in [-0.3, -0.25) is 14.7 Å². The number of hydrogen-bond acceptors (Lipinski definition) is 6. The van der Waals surface area contributed by atoms with Crippen LogP contribution >= 0.6 is 12.4 Å². The van der Waals surface area contributed by atoms with Crippen molar-refractivity contribution >= 4 is 18.3 Å². The van der Waals surface area contributed by atoms with Gasteiger partial charge >= 0.3 is 0 Å². The Labute approximate surface area is 164 Å². The van der Waals surface area contributed by atoms with Crippen molar-refractivity contribution in [3.8, 4) is 11.5 Å². The summed E-state index contributed by atoms with van der Waals surface area (Å²) in [7, 11) is 0. The molecule has 1 atom stereocenters. The molecule has 4 rings (SSSR count). The van der Waals surface area contributed by atoms with Crippen molar-refractivity contribution in [1.29, 1.82) is 0 Å². The number of fused-ring (bicyclic) bond motifs is 1. The molecule has 7 nitrogen and oxygen atoms in total. The number of nitrogens with one attached hydrogen (secondary N) is 2. The summed E-state index contributed by atoms with van der Waals surface area (Å²) in [6.07, 6.45) is 3.64. The fraction of sp³-hybridized carbons (Fsp3) is 0.368. The van der Waals surface area contributed by atoms with E-state index in [1.165, 1.54) is 0 Å². The van der Waals surface area contributed by atoms with E-state index in [4.69, 9.17) is 9.47 Å². The highest BCUT2D eigenvalue weighted by atomic mass is 35.5. The van der Waals surface area contributed by atoms with Crippen molar-refractivity contribution in [2.75, 3.05) is 33.0 Å². The predicted octanol–water partition coefficient (Wildman–Crippen LogP) is 1.49. The van der Waals surface area contributed by atoms with Gasteiger partial charge in [0, 0.05) is 44.6 Å². The summed E-state index contributed by atoms with van der Waals surface area (Å²) in [4.78, 5) is 18.8. The fourth-order valence-electron chi connectivity index (χ4n) is 3.33. The Balaban J connectivity index is 0.00000210. The van der Waals surface area contributed by atoms with Crippen molar-refractivity contribution in [1.82, 2.24) is 20.5 Å². The minimum atomic E-state index is 0. The minimum absolute atomic E-state index is 0. The molecule has 0 bridgehead atoms. The lowest BCUT2D eigenvalue weighted by Crippen LogP contribution is -2.49. The average molecular weight is 391 g/mol. The molecular weight excluding hydrogens is 368 g/mol. The van der Waals surface area contributed by atoms with Crippen LogP contribution < -0.4 is 20.1 Å². The molecule has 2 aliphatic heterocycles. The first-order valence-corrected chi connectivity index (χ1v) is 8.79. The largest absolute Gasteiger partial charge is 0.454 e. The van der Waals surface area contributed by atoms with Crippen LogP contribution in [-0.4, -0.2) is 48.8 Å². The van der Waals surface area contributed by atoms with Crippen molar-refractivity contribution < 1.29 is 14.3 Å². The van der Waals surface area contributed by atoms with E-state index in [1.807, 2.05) is 30.5 Å². The number of pyridine rings is 1. The molecule has 0 spiro atoms. The molecule has 2 N–H and O–H groups in total. The van der Waals surface area contributed by atoms with Gasteiger partial charge in [0.1, 0.15) is 0 Å². The summed E-state index contributed by atoms with van der Waals surface area (Å²) in [6, 6.07) is 9.87. The van der Waals surface area contributed by atoms with Gasteiger partial charge in [-0.05, 0) is 29.3 Å². The molecule has 3 heterocycles. The monoisotopic (exact) mass is 390 g/mol. The van der Waals surface area contributed by atoms with Crippen LogP contribution in [0.25, 0.3) is 0 Å². The molecule has 0 saturated carbocycles. The summed E-state index contributed by atoms with van der Waals surface area (Å²) in [5.41, 5.74) is 2.12. The zero-order chi connectivity index (χ0) is 17.8. The van der Waals surface area contributed by atoms with Crippen molar-refractivity contribution in [3.63, 3.8) is 0 Å². The number of nitrogens with zero attached hydrogens (tertiary/aromatic N) is 2. The van der Waals surface area contributed by atoms with E-state index in [9.17, 15) is 4.79 Å². The van der Waals surface area contributed by atoms with Gasteiger partial charge in [-0.1, -0.05) is 12.1 Å². The molecule has 144 valence electrons. The maximum absolute atomic E-state index is 12.5. The molecule has 27 heavy (non-hydrogen) atoms. The molecule has 1 amide bonds. The number of carbonyl (C=O) groups excluding carboxylic acids is 1. The third kappa shape index (κ3) is 4.68. The summed E-state index contributed by atoms with van der Waals surface area (Å²) in [5, 5.41) is 6.39. The predicted molar refractivity (Wildman–Crippen MR) is 103 cm³/mol. The second-order valence-electron chi connectivity index (χ2n) is 6.44. The van der Waals surface area contributed by atoms with E-state index >= 15 is 0 Å². The Kier molecular flexibility index (Phi) is 6.49. The van der Waals surface area contributed by atoms with Crippen LogP contribution in [0.5, 0.6) is 11.5 Å². The molecule has 1 fully saturated rings. The van der Waals surface area contributed by atoms with Crippen LogP contribution in [0, 0.1) is 0 Å². The summed E-state index contributed by atoms with van der Waals surface area (Å²) in [6.45, 7) is 3.62. The number of carbonyl (C=O) groups is 1. The molecule has 8 heteroatoms. The normalized spacial score (nSPS) is 18.6. The lowest BCUT2D eigenvalue weighted by molar-refractivity contribution is -0.123. The molecule has 2 aliphatic rings. The van der Waals surface area contributed by atoms with Gasteiger partial charge < -0.3 is 20.1 Å². The van der Waals surface area contributed by atoms with Gasteiger partial charge in [0.2, 0.25) is 12.7 Å². The standard InChI is InChI=1S/C19H22N4O3.ClH/c24-19(22-9-14-3-4-17-18(8-14)26-13-25-17)12-23-7-6-21-11-16(23)15-2-1-5-20-10-15;/h1-5,8,10,16,21H,6-7,9,11-13H2,(H,22,24);1H. The number of rotatable bonds is 5. The van der Waals surface area contributed by atoms with Crippen LogP contribution in [0.1, 0.15) is 17.2 Å². The zero-order valence-corrected chi connectivity index (χ0v) is 15.7. The summed E-state index contributed by atoms with van der Waals surface area (Å²) < 4.78 is 10.7. The van der Waals surface area contributed by atoms with Gasteiger partial charge in [0.05, 0.1) is 6.54 Å². The van der Waals surface area contributed by atoms with Crippen molar-refractivity contribution in [2.45, 2.75) is 12.6 Å². The number of amides is 1. The second kappa shape index (κ2) is 9.03. The van der Waals surface area contributed by atoms with Crippen LogP contribution in [-0.2, 0) is 11.3 Å². The first-order valence-electron chi connectivity index (χ1n) is 8.79. The number of piperazine rings is 1. The number of hydrogen-bond donors (Lipinski definition) is 2. The first-order chi connectivity index (χ1) is 12.8. The number of benzene rings is 1. The van der Waals surface area contributed by atoms with Crippen LogP contribution in [0.3, 0.4) is 0 Å². The lowest BCUT2D eigenvalue weighted by atomic mass is 10.1. The van der Waals surface area contributed by atoms with Gasteiger partial charge in [-0.15, -0.1) is 12.4 Å². The summed E-state index contributed by atoms with van der Waals surface area (Å²) in [5.74, 6) is 1.49. The molecule has 1 aromatic heterocycles.